The largest absolute Gasteiger partial charge is 0.370 e. The molecule has 0 aliphatic carbocycles. The van der Waals surface area contributed by atoms with Gasteiger partial charge in [-0.15, -0.1) is 0 Å². The van der Waals surface area contributed by atoms with Crippen LogP contribution in [0.3, 0.4) is 0 Å². The molecular formula is C9H19N3O3. The fourth-order valence-corrected chi connectivity index (χ4v) is 0.907. The van der Waals surface area contributed by atoms with Gasteiger partial charge in [-0.1, -0.05) is 6.92 Å². The summed E-state index contributed by atoms with van der Waals surface area (Å²) in [6.45, 7) is 2.94. The number of carbonyl (C=O) groups is 2. The first-order valence-electron chi connectivity index (χ1n) is 4.89. The number of nitrogens with two attached hydrogens (primary N) is 2. The Kier molecular flexibility index (Phi) is 7.57. The van der Waals surface area contributed by atoms with E-state index in [4.69, 9.17) is 16.2 Å². The van der Waals surface area contributed by atoms with E-state index >= 15 is 0 Å². The summed E-state index contributed by atoms with van der Waals surface area (Å²) in [5.74, 6) is -0.398. The van der Waals surface area contributed by atoms with Crippen molar-refractivity contribution >= 4 is 11.8 Å². The predicted molar refractivity (Wildman–Crippen MR) is 55.9 cm³/mol. The quantitative estimate of drug-likeness (QED) is 0.434. The lowest BCUT2D eigenvalue weighted by Crippen LogP contribution is -2.30. The van der Waals surface area contributed by atoms with Crippen molar-refractivity contribution in [3.8, 4) is 0 Å². The number of hydrogen-bond acceptors (Lipinski definition) is 4. The molecule has 0 fully saturated rings. The molecule has 1 unspecified atom stereocenters. The van der Waals surface area contributed by atoms with Gasteiger partial charge in [-0.3, -0.25) is 9.59 Å². The zero-order valence-corrected chi connectivity index (χ0v) is 8.99. The van der Waals surface area contributed by atoms with Gasteiger partial charge in [0.1, 0.15) is 6.61 Å². The Bertz CT molecular complexity index is 209. The van der Waals surface area contributed by atoms with E-state index in [-0.39, 0.29) is 25.0 Å². The minimum absolute atomic E-state index is 0.0596. The van der Waals surface area contributed by atoms with Crippen molar-refractivity contribution in [3.05, 3.63) is 0 Å². The highest BCUT2D eigenvalue weighted by molar-refractivity contribution is 5.76. The van der Waals surface area contributed by atoms with Gasteiger partial charge in [-0.2, -0.15) is 0 Å². The standard InChI is InChI=1S/C9H19N3O3/c1-7(5-10)4-9(14)12-2-3-15-6-8(11)13/h7H,2-6,10H2,1H3,(H2,11,13)(H,12,14). The van der Waals surface area contributed by atoms with Crippen LogP contribution in [0.2, 0.25) is 0 Å². The third-order valence-corrected chi connectivity index (χ3v) is 1.75. The van der Waals surface area contributed by atoms with Crippen molar-refractivity contribution in [2.45, 2.75) is 13.3 Å². The van der Waals surface area contributed by atoms with Gasteiger partial charge in [0.05, 0.1) is 6.61 Å². The maximum Gasteiger partial charge on any atom is 0.243 e. The molecule has 2 amide bonds. The van der Waals surface area contributed by atoms with E-state index in [1.807, 2.05) is 6.92 Å². The van der Waals surface area contributed by atoms with Gasteiger partial charge < -0.3 is 21.5 Å². The summed E-state index contributed by atoms with van der Waals surface area (Å²) in [5.41, 5.74) is 10.2. The highest BCUT2D eigenvalue weighted by atomic mass is 16.5. The first-order valence-corrected chi connectivity index (χ1v) is 4.89. The summed E-state index contributed by atoms with van der Waals surface area (Å²) < 4.78 is 4.86. The Morgan fingerprint density at radius 3 is 2.67 bits per heavy atom. The minimum Gasteiger partial charge on any atom is -0.370 e. The van der Waals surface area contributed by atoms with Crippen LogP contribution in [-0.4, -0.2) is 38.1 Å². The Balaban J connectivity index is 3.35. The number of ether oxygens (including phenoxy) is 1. The van der Waals surface area contributed by atoms with Gasteiger partial charge in [0.25, 0.3) is 0 Å². The molecular weight excluding hydrogens is 198 g/mol. The first-order chi connectivity index (χ1) is 7.06. The Morgan fingerprint density at radius 2 is 2.13 bits per heavy atom. The highest BCUT2D eigenvalue weighted by Crippen LogP contribution is 1.97. The van der Waals surface area contributed by atoms with E-state index in [0.717, 1.165) is 0 Å². The van der Waals surface area contributed by atoms with E-state index < -0.39 is 5.91 Å². The molecule has 88 valence electrons. The van der Waals surface area contributed by atoms with Gasteiger partial charge in [0.2, 0.25) is 11.8 Å². The van der Waals surface area contributed by atoms with Crippen LogP contribution in [0.25, 0.3) is 0 Å². The summed E-state index contributed by atoms with van der Waals surface area (Å²) in [5, 5.41) is 2.65. The van der Waals surface area contributed by atoms with Crippen molar-refractivity contribution in [1.82, 2.24) is 5.32 Å². The van der Waals surface area contributed by atoms with Crippen molar-refractivity contribution in [3.63, 3.8) is 0 Å². The van der Waals surface area contributed by atoms with Crippen LogP contribution in [0.15, 0.2) is 0 Å². The van der Waals surface area contributed by atoms with Gasteiger partial charge in [-0.05, 0) is 12.5 Å². The SMILES string of the molecule is CC(CN)CC(=O)NCCOCC(N)=O. The molecule has 0 aliphatic heterocycles. The number of hydrogen-bond donors (Lipinski definition) is 3. The van der Waals surface area contributed by atoms with Crippen molar-refractivity contribution in [2.24, 2.45) is 17.4 Å². The smallest absolute Gasteiger partial charge is 0.243 e. The summed E-state index contributed by atoms with van der Waals surface area (Å²) in [4.78, 5) is 21.5. The highest BCUT2D eigenvalue weighted by Gasteiger charge is 2.06. The van der Waals surface area contributed by atoms with Crippen molar-refractivity contribution < 1.29 is 14.3 Å². The van der Waals surface area contributed by atoms with Crippen LogP contribution < -0.4 is 16.8 Å². The minimum atomic E-state index is -0.516. The molecule has 6 heteroatoms. The summed E-state index contributed by atoms with van der Waals surface area (Å²) >= 11 is 0. The molecule has 1 atom stereocenters. The number of amides is 2. The van der Waals surface area contributed by atoms with Crippen LogP contribution in [0.1, 0.15) is 13.3 Å². The molecule has 0 aromatic rings. The van der Waals surface area contributed by atoms with E-state index in [1.54, 1.807) is 0 Å². The molecule has 6 nitrogen and oxygen atoms in total. The average Bonchev–Trinajstić information content (AvgIpc) is 2.16. The number of nitrogens with one attached hydrogen (secondary N) is 1. The average molecular weight is 217 g/mol. The van der Waals surface area contributed by atoms with E-state index in [9.17, 15) is 9.59 Å². The first kappa shape index (κ1) is 13.9. The zero-order chi connectivity index (χ0) is 11.7. The molecule has 0 radical (unpaired) electrons. The number of primary amides is 1. The lowest BCUT2D eigenvalue weighted by atomic mass is 10.1. The molecule has 5 N–H and O–H groups in total. The Morgan fingerprint density at radius 1 is 1.47 bits per heavy atom. The fraction of sp³-hybridized carbons (Fsp3) is 0.778. The van der Waals surface area contributed by atoms with Crippen molar-refractivity contribution in [2.75, 3.05) is 26.3 Å². The second kappa shape index (κ2) is 8.19. The van der Waals surface area contributed by atoms with Crippen LogP contribution in [0.4, 0.5) is 0 Å². The Labute approximate surface area is 89.3 Å². The maximum atomic E-state index is 11.2. The van der Waals surface area contributed by atoms with Gasteiger partial charge in [0.15, 0.2) is 0 Å². The summed E-state index contributed by atoms with van der Waals surface area (Å²) in [6, 6.07) is 0. The molecule has 0 heterocycles. The molecule has 15 heavy (non-hydrogen) atoms. The van der Waals surface area contributed by atoms with Gasteiger partial charge >= 0.3 is 0 Å². The molecule has 0 bridgehead atoms. The van der Waals surface area contributed by atoms with Crippen LogP contribution >= 0.6 is 0 Å². The second-order valence-corrected chi connectivity index (χ2v) is 3.41. The van der Waals surface area contributed by atoms with Gasteiger partial charge in [0, 0.05) is 13.0 Å². The second-order valence-electron chi connectivity index (χ2n) is 3.41. The van der Waals surface area contributed by atoms with Crippen molar-refractivity contribution in [1.29, 1.82) is 0 Å². The summed E-state index contributed by atoms with van der Waals surface area (Å²) in [7, 11) is 0. The van der Waals surface area contributed by atoms with Crippen LogP contribution in [0, 0.1) is 5.92 Å². The molecule has 0 aromatic carbocycles. The third kappa shape index (κ3) is 9.17. The predicted octanol–water partition coefficient (Wildman–Crippen LogP) is -1.41. The molecule has 0 saturated carbocycles. The third-order valence-electron chi connectivity index (χ3n) is 1.75. The van der Waals surface area contributed by atoms with Crippen LogP contribution in [-0.2, 0) is 14.3 Å². The summed E-state index contributed by atoms with van der Waals surface area (Å²) in [6.07, 6.45) is 0.409. The topological polar surface area (TPSA) is 107 Å². The van der Waals surface area contributed by atoms with E-state index in [0.29, 0.717) is 19.5 Å². The van der Waals surface area contributed by atoms with Crippen LogP contribution in [0.5, 0.6) is 0 Å². The zero-order valence-electron chi connectivity index (χ0n) is 8.99. The normalized spacial score (nSPS) is 12.1. The molecule has 0 aliphatic rings. The molecule has 0 aromatic heterocycles. The molecule has 0 spiro atoms. The lowest BCUT2D eigenvalue weighted by molar-refractivity contribution is -0.122. The number of carbonyl (C=O) groups excluding carboxylic acids is 2. The molecule has 0 rings (SSSR count). The Hall–Kier alpha value is -1.14. The monoisotopic (exact) mass is 217 g/mol. The van der Waals surface area contributed by atoms with E-state index in [2.05, 4.69) is 5.32 Å². The number of rotatable bonds is 8. The fourth-order valence-electron chi connectivity index (χ4n) is 0.907. The van der Waals surface area contributed by atoms with Gasteiger partial charge in [-0.25, -0.2) is 0 Å². The lowest BCUT2D eigenvalue weighted by Gasteiger charge is -2.08. The maximum absolute atomic E-state index is 11.2. The van der Waals surface area contributed by atoms with E-state index in [1.165, 1.54) is 0 Å². The molecule has 0 saturated heterocycles.